The van der Waals surface area contributed by atoms with Gasteiger partial charge in [-0.3, -0.25) is 19.8 Å². The highest BCUT2D eigenvalue weighted by Gasteiger charge is 2.22. The van der Waals surface area contributed by atoms with Gasteiger partial charge >= 0.3 is 5.56 Å². The molecule has 0 fully saturated rings. The van der Waals surface area contributed by atoms with E-state index in [9.17, 15) is 14.4 Å². The van der Waals surface area contributed by atoms with Crippen LogP contribution in [0.2, 0.25) is 5.02 Å². The van der Waals surface area contributed by atoms with E-state index in [0.717, 1.165) is 11.1 Å². The summed E-state index contributed by atoms with van der Waals surface area (Å²) < 4.78 is 7.08. The number of carbonyl (C=O) groups is 2. The lowest BCUT2D eigenvalue weighted by Crippen LogP contribution is -2.43. The first-order chi connectivity index (χ1) is 15.2. The Labute approximate surface area is 192 Å². The van der Waals surface area contributed by atoms with Crippen molar-refractivity contribution in [2.24, 2.45) is 0 Å². The van der Waals surface area contributed by atoms with Crippen LogP contribution in [0.15, 0.2) is 29.2 Å². The molecule has 1 heterocycles. The molecule has 2 unspecified atom stereocenters. The Morgan fingerprint density at radius 1 is 1.25 bits per heavy atom. The first-order valence-corrected chi connectivity index (χ1v) is 10.9. The summed E-state index contributed by atoms with van der Waals surface area (Å²) in [4.78, 5) is 41.8. The van der Waals surface area contributed by atoms with Crippen LogP contribution in [0.1, 0.15) is 44.9 Å². The fourth-order valence-corrected chi connectivity index (χ4v) is 3.03. The molecular weight excluding hydrogens is 434 g/mol. The van der Waals surface area contributed by atoms with Gasteiger partial charge in [0.05, 0.1) is 18.3 Å². The van der Waals surface area contributed by atoms with Gasteiger partial charge in [-0.2, -0.15) is 0 Å². The second-order valence-electron chi connectivity index (χ2n) is 7.44. The van der Waals surface area contributed by atoms with Gasteiger partial charge < -0.3 is 15.4 Å². The van der Waals surface area contributed by atoms with Crippen molar-refractivity contribution in [2.75, 3.05) is 17.8 Å². The molecular formula is C22H30ClN5O4. The lowest BCUT2D eigenvalue weighted by Gasteiger charge is -2.21. The molecule has 2 amide bonds. The maximum absolute atomic E-state index is 13.0. The Morgan fingerprint density at radius 3 is 2.59 bits per heavy atom. The van der Waals surface area contributed by atoms with Gasteiger partial charge in [-0.05, 0) is 44.9 Å². The minimum Gasteiger partial charge on any atom is -0.480 e. The standard InChI is InChI=1S/C22H30ClN5O4/c1-6-13(3)26-20-22(31)28(14(4)12-25-20)27-21(30)17(7-2)32-18-9-8-16(23)10-15(18)11-19(29)24-5/h8-10,12-13,17H,6-7,11H2,1-5H3,(H,24,29)(H,25,26)(H,27,30). The summed E-state index contributed by atoms with van der Waals surface area (Å²) in [5.41, 5.74) is 3.19. The highest BCUT2D eigenvalue weighted by Crippen LogP contribution is 2.25. The molecule has 32 heavy (non-hydrogen) atoms. The van der Waals surface area contributed by atoms with Crippen molar-refractivity contribution in [3.8, 4) is 5.75 Å². The second-order valence-corrected chi connectivity index (χ2v) is 7.87. The van der Waals surface area contributed by atoms with Crippen molar-refractivity contribution < 1.29 is 14.3 Å². The van der Waals surface area contributed by atoms with E-state index in [2.05, 4.69) is 21.0 Å². The molecule has 2 atom stereocenters. The second kappa shape index (κ2) is 11.5. The molecule has 0 spiro atoms. The van der Waals surface area contributed by atoms with Crippen LogP contribution in [0.25, 0.3) is 0 Å². The Bertz CT molecular complexity index is 1020. The van der Waals surface area contributed by atoms with Gasteiger partial charge in [0, 0.05) is 23.7 Å². The molecule has 0 bridgehead atoms. The van der Waals surface area contributed by atoms with E-state index in [4.69, 9.17) is 16.3 Å². The monoisotopic (exact) mass is 463 g/mol. The van der Waals surface area contributed by atoms with Gasteiger partial charge in [0.2, 0.25) is 5.91 Å². The summed E-state index contributed by atoms with van der Waals surface area (Å²) in [6.45, 7) is 7.39. The molecule has 2 aromatic rings. The molecule has 0 aliphatic rings. The molecule has 1 aromatic heterocycles. The van der Waals surface area contributed by atoms with Gasteiger partial charge in [-0.1, -0.05) is 25.4 Å². The Hall–Kier alpha value is -3.07. The topological polar surface area (TPSA) is 114 Å². The summed E-state index contributed by atoms with van der Waals surface area (Å²) in [7, 11) is 1.54. The molecule has 9 nitrogen and oxygen atoms in total. The average molecular weight is 464 g/mol. The minimum absolute atomic E-state index is 0.0532. The number of anilines is 1. The number of halogens is 1. The molecule has 0 radical (unpaired) electrons. The number of aromatic nitrogens is 2. The number of ether oxygens (including phenoxy) is 1. The lowest BCUT2D eigenvalue weighted by atomic mass is 10.1. The normalized spacial score (nSPS) is 12.6. The number of benzene rings is 1. The molecule has 0 aliphatic heterocycles. The van der Waals surface area contributed by atoms with Crippen LogP contribution in [0.3, 0.4) is 0 Å². The number of hydrogen-bond donors (Lipinski definition) is 3. The summed E-state index contributed by atoms with van der Waals surface area (Å²) in [5.74, 6) is -0.183. The van der Waals surface area contributed by atoms with Gasteiger partial charge in [0.25, 0.3) is 5.91 Å². The van der Waals surface area contributed by atoms with Crippen molar-refractivity contribution in [2.45, 2.75) is 59.1 Å². The molecule has 2 rings (SSSR count). The van der Waals surface area contributed by atoms with E-state index in [1.807, 2.05) is 13.8 Å². The van der Waals surface area contributed by atoms with Crippen LogP contribution >= 0.6 is 11.6 Å². The van der Waals surface area contributed by atoms with Crippen LogP contribution in [0.5, 0.6) is 5.75 Å². The SMILES string of the molecule is CCC(C)Nc1ncc(C)n(NC(=O)C(CC)Oc2ccc(Cl)cc2CC(=O)NC)c1=O. The first-order valence-electron chi connectivity index (χ1n) is 10.5. The number of hydrogen-bond acceptors (Lipinski definition) is 6. The highest BCUT2D eigenvalue weighted by molar-refractivity contribution is 6.30. The van der Waals surface area contributed by atoms with Crippen molar-refractivity contribution in [3.63, 3.8) is 0 Å². The third-order valence-corrected chi connectivity index (χ3v) is 5.18. The predicted molar refractivity (Wildman–Crippen MR) is 125 cm³/mol. The van der Waals surface area contributed by atoms with Crippen molar-refractivity contribution in [1.82, 2.24) is 15.0 Å². The van der Waals surface area contributed by atoms with Crippen LogP contribution in [-0.4, -0.2) is 40.7 Å². The Morgan fingerprint density at radius 2 is 1.97 bits per heavy atom. The number of rotatable bonds is 10. The summed E-state index contributed by atoms with van der Waals surface area (Å²) in [6, 6.07) is 4.92. The Balaban J connectivity index is 2.26. The van der Waals surface area contributed by atoms with Crippen LogP contribution in [0.4, 0.5) is 5.82 Å². The Kier molecular flexibility index (Phi) is 9.07. The zero-order valence-corrected chi connectivity index (χ0v) is 19.7. The van der Waals surface area contributed by atoms with Crippen LogP contribution in [0, 0.1) is 6.92 Å². The number of aryl methyl sites for hydroxylation is 1. The van der Waals surface area contributed by atoms with Gasteiger partial charge in [0.1, 0.15) is 5.75 Å². The van der Waals surface area contributed by atoms with E-state index in [1.165, 1.54) is 13.2 Å². The molecule has 3 N–H and O–H groups in total. The quantitative estimate of drug-likeness (QED) is 0.499. The van der Waals surface area contributed by atoms with Gasteiger partial charge in [-0.15, -0.1) is 0 Å². The summed E-state index contributed by atoms with van der Waals surface area (Å²) in [6.07, 6.45) is 1.81. The summed E-state index contributed by atoms with van der Waals surface area (Å²) in [5, 5.41) is 6.05. The number of likely N-dealkylation sites (N-methyl/N-ethyl adjacent to an activating group) is 1. The number of nitrogens with one attached hydrogen (secondary N) is 3. The third kappa shape index (κ3) is 6.46. The maximum Gasteiger partial charge on any atom is 0.312 e. The molecule has 0 aliphatic carbocycles. The third-order valence-electron chi connectivity index (χ3n) is 4.94. The smallest absolute Gasteiger partial charge is 0.312 e. The van der Waals surface area contributed by atoms with Gasteiger partial charge in [0.15, 0.2) is 11.9 Å². The maximum atomic E-state index is 13.0. The fourth-order valence-electron chi connectivity index (χ4n) is 2.83. The van der Waals surface area contributed by atoms with Crippen molar-refractivity contribution in [1.29, 1.82) is 0 Å². The molecule has 0 saturated heterocycles. The highest BCUT2D eigenvalue weighted by atomic mass is 35.5. The van der Waals surface area contributed by atoms with E-state index in [1.54, 1.807) is 32.0 Å². The molecule has 174 valence electrons. The van der Waals surface area contributed by atoms with E-state index >= 15 is 0 Å². The number of carbonyl (C=O) groups excluding carboxylic acids is 2. The zero-order chi connectivity index (χ0) is 23.8. The molecule has 1 aromatic carbocycles. The lowest BCUT2D eigenvalue weighted by molar-refractivity contribution is -0.123. The number of amides is 2. The van der Waals surface area contributed by atoms with Crippen LogP contribution < -0.4 is 26.4 Å². The largest absolute Gasteiger partial charge is 0.480 e. The first kappa shape index (κ1) is 25.2. The predicted octanol–water partition coefficient (Wildman–Crippen LogP) is 2.63. The van der Waals surface area contributed by atoms with Crippen LogP contribution in [-0.2, 0) is 16.0 Å². The van der Waals surface area contributed by atoms with E-state index in [0.29, 0.717) is 28.5 Å². The van der Waals surface area contributed by atoms with E-state index < -0.39 is 17.6 Å². The van der Waals surface area contributed by atoms with Crippen molar-refractivity contribution in [3.05, 3.63) is 51.0 Å². The van der Waals surface area contributed by atoms with Crippen molar-refractivity contribution >= 4 is 29.2 Å². The average Bonchev–Trinajstić information content (AvgIpc) is 2.77. The summed E-state index contributed by atoms with van der Waals surface area (Å²) >= 11 is 6.06. The minimum atomic E-state index is -0.898. The fraction of sp³-hybridized carbons (Fsp3) is 0.455. The van der Waals surface area contributed by atoms with E-state index in [-0.39, 0.29) is 24.2 Å². The molecule has 10 heteroatoms. The van der Waals surface area contributed by atoms with Gasteiger partial charge in [-0.25, -0.2) is 9.66 Å². The zero-order valence-electron chi connectivity index (χ0n) is 19.0. The number of nitrogens with zero attached hydrogens (tertiary/aromatic N) is 2. The molecule has 0 saturated carbocycles.